The molecule has 0 aromatic carbocycles. The predicted octanol–water partition coefficient (Wildman–Crippen LogP) is 1.37. The van der Waals surface area contributed by atoms with Crippen LogP contribution in [0.25, 0.3) is 5.65 Å². The van der Waals surface area contributed by atoms with Crippen molar-refractivity contribution in [1.82, 2.24) is 14.7 Å². The van der Waals surface area contributed by atoms with Crippen LogP contribution in [0, 0.1) is 17.8 Å². The molecule has 22 heavy (non-hydrogen) atoms. The molecule has 2 fully saturated rings. The minimum absolute atomic E-state index is 0.0276. The number of fused-ring (bicyclic) bond motifs is 3. The quantitative estimate of drug-likeness (QED) is 0.895. The number of imidazole rings is 1. The molecular formula is C17H22N4O. The van der Waals surface area contributed by atoms with Crippen molar-refractivity contribution in [3.8, 4) is 0 Å². The minimum atomic E-state index is 0.0276. The van der Waals surface area contributed by atoms with E-state index in [1.807, 2.05) is 35.0 Å². The third-order valence-electron chi connectivity index (χ3n) is 5.38. The molecule has 5 heteroatoms. The summed E-state index contributed by atoms with van der Waals surface area (Å²) in [5.74, 6) is 1.25. The van der Waals surface area contributed by atoms with E-state index in [9.17, 15) is 4.79 Å². The number of nitrogens with zero attached hydrogens (tertiary/aromatic N) is 2. The smallest absolute Gasteiger partial charge is 0.224 e. The summed E-state index contributed by atoms with van der Waals surface area (Å²) in [6.07, 6.45) is 8.28. The lowest BCUT2D eigenvalue weighted by Gasteiger charge is -2.26. The summed E-state index contributed by atoms with van der Waals surface area (Å²) in [5, 5.41) is 3.06. The van der Waals surface area contributed by atoms with E-state index in [-0.39, 0.29) is 17.9 Å². The fourth-order valence-electron chi connectivity index (χ4n) is 4.26. The number of hydrogen-bond acceptors (Lipinski definition) is 3. The van der Waals surface area contributed by atoms with Gasteiger partial charge in [-0.1, -0.05) is 6.07 Å². The van der Waals surface area contributed by atoms with Crippen molar-refractivity contribution in [2.24, 2.45) is 23.5 Å². The maximum atomic E-state index is 12.4. The van der Waals surface area contributed by atoms with E-state index in [2.05, 4.69) is 10.3 Å². The first-order valence-corrected chi connectivity index (χ1v) is 8.18. The number of carbonyl (C=O) groups excluding carboxylic acids is 1. The first-order chi connectivity index (χ1) is 10.7. The standard InChI is InChI=1S/C17H22N4O/c18-16-12-5-4-11(9-12)15(16)17(22)19-7-6-13-10-21-8-2-1-3-14(21)20-13/h1-3,8,10-12,15-16H,4-7,9,18H2,(H,19,22). The third kappa shape index (κ3) is 2.29. The van der Waals surface area contributed by atoms with Gasteiger partial charge in [-0.15, -0.1) is 0 Å². The second-order valence-electron chi connectivity index (χ2n) is 6.68. The summed E-state index contributed by atoms with van der Waals surface area (Å²) >= 11 is 0. The Morgan fingerprint density at radius 1 is 1.36 bits per heavy atom. The summed E-state index contributed by atoms with van der Waals surface area (Å²) in [6, 6.07) is 6.01. The van der Waals surface area contributed by atoms with Gasteiger partial charge in [0.15, 0.2) is 0 Å². The van der Waals surface area contributed by atoms with Crippen molar-refractivity contribution in [2.45, 2.75) is 31.7 Å². The van der Waals surface area contributed by atoms with Gasteiger partial charge in [-0.3, -0.25) is 4.79 Å². The van der Waals surface area contributed by atoms with Gasteiger partial charge in [0, 0.05) is 31.4 Å². The summed E-state index contributed by atoms with van der Waals surface area (Å²) in [4.78, 5) is 16.9. The molecule has 0 saturated heterocycles. The Kier molecular flexibility index (Phi) is 3.37. The van der Waals surface area contributed by atoms with E-state index < -0.39 is 0 Å². The Labute approximate surface area is 129 Å². The highest BCUT2D eigenvalue weighted by molar-refractivity contribution is 5.80. The second-order valence-corrected chi connectivity index (χ2v) is 6.68. The first kappa shape index (κ1) is 13.8. The molecule has 4 rings (SSSR count). The second kappa shape index (κ2) is 5.39. The molecule has 4 unspecified atom stereocenters. The Hall–Kier alpha value is -1.88. The van der Waals surface area contributed by atoms with Gasteiger partial charge in [0.25, 0.3) is 0 Å². The number of nitrogens with one attached hydrogen (secondary N) is 1. The molecule has 2 saturated carbocycles. The molecule has 2 aliphatic rings. The van der Waals surface area contributed by atoms with Gasteiger partial charge in [0.1, 0.15) is 5.65 Å². The molecule has 4 atom stereocenters. The van der Waals surface area contributed by atoms with Crippen LogP contribution in [-0.4, -0.2) is 27.9 Å². The van der Waals surface area contributed by atoms with E-state index >= 15 is 0 Å². The van der Waals surface area contributed by atoms with Crippen LogP contribution >= 0.6 is 0 Å². The van der Waals surface area contributed by atoms with E-state index in [1.165, 1.54) is 12.8 Å². The van der Waals surface area contributed by atoms with E-state index in [0.717, 1.165) is 24.2 Å². The molecule has 5 nitrogen and oxygen atoms in total. The van der Waals surface area contributed by atoms with Gasteiger partial charge in [0.05, 0.1) is 11.6 Å². The number of carbonyl (C=O) groups is 1. The van der Waals surface area contributed by atoms with E-state index in [0.29, 0.717) is 18.4 Å². The number of aromatic nitrogens is 2. The van der Waals surface area contributed by atoms with Crippen LogP contribution in [0.4, 0.5) is 0 Å². The van der Waals surface area contributed by atoms with Crippen molar-refractivity contribution in [2.75, 3.05) is 6.54 Å². The lowest BCUT2D eigenvalue weighted by molar-refractivity contribution is -0.127. The zero-order valence-corrected chi connectivity index (χ0v) is 12.6. The SMILES string of the molecule is NC1C2CCC(C2)C1C(=O)NCCc1cn2ccccc2n1. The number of hydrogen-bond donors (Lipinski definition) is 2. The highest BCUT2D eigenvalue weighted by Crippen LogP contribution is 2.47. The van der Waals surface area contributed by atoms with Crippen molar-refractivity contribution >= 4 is 11.6 Å². The predicted molar refractivity (Wildman–Crippen MR) is 84.2 cm³/mol. The fraction of sp³-hybridized carbons (Fsp3) is 0.529. The Morgan fingerprint density at radius 3 is 3.00 bits per heavy atom. The van der Waals surface area contributed by atoms with Crippen LogP contribution < -0.4 is 11.1 Å². The van der Waals surface area contributed by atoms with Gasteiger partial charge in [-0.2, -0.15) is 0 Å². The highest BCUT2D eigenvalue weighted by Gasteiger charge is 2.48. The summed E-state index contributed by atoms with van der Waals surface area (Å²) in [7, 11) is 0. The van der Waals surface area contributed by atoms with Crippen LogP contribution in [0.15, 0.2) is 30.6 Å². The minimum Gasteiger partial charge on any atom is -0.355 e. The maximum Gasteiger partial charge on any atom is 0.224 e. The van der Waals surface area contributed by atoms with Crippen molar-refractivity contribution in [1.29, 1.82) is 0 Å². The van der Waals surface area contributed by atoms with E-state index in [4.69, 9.17) is 5.73 Å². The van der Waals surface area contributed by atoms with Gasteiger partial charge in [-0.25, -0.2) is 4.98 Å². The molecule has 0 radical (unpaired) electrons. The molecule has 2 aromatic heterocycles. The lowest BCUT2D eigenvalue weighted by Crippen LogP contribution is -2.45. The molecule has 2 aliphatic carbocycles. The molecular weight excluding hydrogens is 276 g/mol. The van der Waals surface area contributed by atoms with Crippen molar-refractivity contribution in [3.05, 3.63) is 36.3 Å². The summed E-state index contributed by atoms with van der Waals surface area (Å²) in [5.41, 5.74) is 8.17. The topological polar surface area (TPSA) is 72.4 Å². The molecule has 2 heterocycles. The van der Waals surface area contributed by atoms with Crippen LogP contribution in [0.1, 0.15) is 25.0 Å². The Morgan fingerprint density at radius 2 is 2.23 bits per heavy atom. The summed E-state index contributed by atoms with van der Waals surface area (Å²) in [6.45, 7) is 0.628. The Bertz CT molecular complexity index is 660. The van der Waals surface area contributed by atoms with Crippen LogP contribution in [-0.2, 0) is 11.2 Å². The monoisotopic (exact) mass is 298 g/mol. The van der Waals surface area contributed by atoms with E-state index in [1.54, 1.807) is 0 Å². The average Bonchev–Trinajstić information content (AvgIpc) is 3.19. The average molecular weight is 298 g/mol. The first-order valence-electron chi connectivity index (χ1n) is 8.18. The molecule has 116 valence electrons. The van der Waals surface area contributed by atoms with Gasteiger partial charge in [-0.05, 0) is 43.2 Å². The number of rotatable bonds is 4. The molecule has 0 aliphatic heterocycles. The molecule has 2 aromatic rings. The molecule has 3 N–H and O–H groups in total. The van der Waals surface area contributed by atoms with Gasteiger partial charge in [0.2, 0.25) is 5.91 Å². The lowest BCUT2D eigenvalue weighted by atomic mass is 9.84. The molecule has 0 spiro atoms. The van der Waals surface area contributed by atoms with Crippen LogP contribution in [0.2, 0.25) is 0 Å². The normalized spacial score (nSPS) is 30.0. The van der Waals surface area contributed by atoms with Crippen molar-refractivity contribution in [3.63, 3.8) is 0 Å². The molecule has 1 amide bonds. The summed E-state index contributed by atoms with van der Waals surface area (Å²) < 4.78 is 2.00. The van der Waals surface area contributed by atoms with Crippen molar-refractivity contribution < 1.29 is 4.79 Å². The van der Waals surface area contributed by atoms with Gasteiger partial charge >= 0.3 is 0 Å². The third-order valence-corrected chi connectivity index (χ3v) is 5.38. The van der Waals surface area contributed by atoms with Crippen LogP contribution in [0.5, 0.6) is 0 Å². The number of nitrogens with two attached hydrogens (primary N) is 1. The largest absolute Gasteiger partial charge is 0.355 e. The molecule has 2 bridgehead atoms. The zero-order chi connectivity index (χ0) is 15.1. The number of pyridine rings is 1. The van der Waals surface area contributed by atoms with Gasteiger partial charge < -0.3 is 15.5 Å². The Balaban J connectivity index is 1.34. The van der Waals surface area contributed by atoms with Crippen LogP contribution in [0.3, 0.4) is 0 Å². The number of amides is 1. The maximum absolute atomic E-state index is 12.4. The zero-order valence-electron chi connectivity index (χ0n) is 12.6. The fourth-order valence-corrected chi connectivity index (χ4v) is 4.26. The highest BCUT2D eigenvalue weighted by atomic mass is 16.1.